The molecule has 1 unspecified atom stereocenters. The van der Waals surface area contributed by atoms with Gasteiger partial charge in [0.15, 0.2) is 0 Å². The Kier molecular flexibility index (Phi) is 7.57. The van der Waals surface area contributed by atoms with Crippen molar-refractivity contribution in [3.63, 3.8) is 0 Å². The van der Waals surface area contributed by atoms with Crippen molar-refractivity contribution in [2.75, 3.05) is 7.11 Å². The summed E-state index contributed by atoms with van der Waals surface area (Å²) in [4.78, 5) is 15.4. The number of oxazole rings is 1. The van der Waals surface area contributed by atoms with Crippen LogP contribution in [0.15, 0.2) is 34.9 Å². The van der Waals surface area contributed by atoms with Crippen molar-refractivity contribution >= 4 is 18.4 Å². The van der Waals surface area contributed by atoms with Crippen LogP contribution in [-0.2, 0) is 11.3 Å². The predicted molar refractivity (Wildman–Crippen MR) is 88.9 cm³/mol. The van der Waals surface area contributed by atoms with E-state index in [4.69, 9.17) is 14.3 Å². The number of hydrogen-bond acceptors (Lipinski definition) is 5. The number of nitrogens with zero attached hydrogens (tertiary/aromatic N) is 1. The summed E-state index contributed by atoms with van der Waals surface area (Å²) in [6.07, 6.45) is 2.93. The molecule has 1 heterocycles. The third-order valence-electron chi connectivity index (χ3n) is 3.29. The zero-order valence-corrected chi connectivity index (χ0v) is 13.9. The molecule has 0 bridgehead atoms. The average molecular weight is 341 g/mol. The molecule has 2 aromatic rings. The van der Waals surface area contributed by atoms with E-state index in [1.807, 2.05) is 31.2 Å². The van der Waals surface area contributed by atoms with E-state index in [2.05, 4.69) is 10.3 Å². The summed E-state index contributed by atoms with van der Waals surface area (Å²) in [5.41, 5.74) is 1.52. The Hall–Kier alpha value is -2.05. The Balaban J connectivity index is 0.00000264. The van der Waals surface area contributed by atoms with Crippen LogP contribution in [0.4, 0.5) is 0 Å². The first-order valence-corrected chi connectivity index (χ1v) is 7.19. The fourth-order valence-electron chi connectivity index (χ4n) is 2.08. The number of aliphatic carboxylic acids is 1. The number of halogens is 1. The van der Waals surface area contributed by atoms with Crippen LogP contribution in [0.1, 0.15) is 25.5 Å². The number of aromatic nitrogens is 1. The minimum Gasteiger partial charge on any atom is -0.497 e. The molecule has 0 fully saturated rings. The fourth-order valence-corrected chi connectivity index (χ4v) is 2.08. The Morgan fingerprint density at radius 2 is 2.09 bits per heavy atom. The fraction of sp³-hybridized carbons (Fsp3) is 0.375. The van der Waals surface area contributed by atoms with Crippen LogP contribution in [0.5, 0.6) is 5.75 Å². The molecule has 2 N–H and O–H groups in total. The smallest absolute Gasteiger partial charge is 0.320 e. The van der Waals surface area contributed by atoms with Crippen molar-refractivity contribution in [2.24, 2.45) is 0 Å². The highest BCUT2D eigenvalue weighted by Gasteiger charge is 2.16. The number of benzene rings is 1. The molecule has 23 heavy (non-hydrogen) atoms. The lowest BCUT2D eigenvalue weighted by atomic mass is 10.1. The molecule has 0 aliphatic heterocycles. The molecule has 126 valence electrons. The van der Waals surface area contributed by atoms with Crippen molar-refractivity contribution < 1.29 is 19.1 Å². The third kappa shape index (κ3) is 5.26. The number of nitrogens with one attached hydrogen (secondary N) is 1. The summed E-state index contributed by atoms with van der Waals surface area (Å²) in [6, 6.07) is 6.82. The number of carboxylic acids is 1. The largest absolute Gasteiger partial charge is 0.497 e. The van der Waals surface area contributed by atoms with E-state index in [-0.39, 0.29) is 12.4 Å². The van der Waals surface area contributed by atoms with Crippen molar-refractivity contribution in [3.05, 3.63) is 36.2 Å². The Bertz CT molecular complexity index is 613. The molecule has 0 aliphatic carbocycles. The van der Waals surface area contributed by atoms with Crippen LogP contribution >= 0.6 is 12.4 Å². The molecular formula is C16H21ClN2O4. The van der Waals surface area contributed by atoms with Gasteiger partial charge in [-0.25, -0.2) is 4.98 Å². The molecule has 7 heteroatoms. The number of rotatable bonds is 8. The lowest BCUT2D eigenvalue weighted by Gasteiger charge is -2.11. The summed E-state index contributed by atoms with van der Waals surface area (Å²) in [7, 11) is 1.61. The number of methoxy groups -OCH3 is 1. The van der Waals surface area contributed by atoms with Gasteiger partial charge in [-0.15, -0.1) is 12.4 Å². The molecule has 0 spiro atoms. The number of carbonyl (C=O) groups is 1. The SMILES string of the molecule is CCCC(NCc1coc(-c2ccc(OC)cc2)n1)C(=O)O.Cl. The minimum atomic E-state index is -0.847. The lowest BCUT2D eigenvalue weighted by Crippen LogP contribution is -2.36. The maximum absolute atomic E-state index is 11.1. The Labute approximate surface area is 141 Å². The third-order valence-corrected chi connectivity index (χ3v) is 3.29. The van der Waals surface area contributed by atoms with Crippen LogP contribution < -0.4 is 10.1 Å². The number of carboxylic acid groups (broad SMARTS) is 1. The zero-order chi connectivity index (χ0) is 15.9. The number of hydrogen-bond donors (Lipinski definition) is 2. The number of ether oxygens (including phenoxy) is 1. The molecule has 0 aliphatic rings. The van der Waals surface area contributed by atoms with Crippen molar-refractivity contribution in [3.8, 4) is 17.2 Å². The molecule has 1 atom stereocenters. The molecule has 6 nitrogen and oxygen atoms in total. The average Bonchev–Trinajstić information content (AvgIpc) is 3.00. The van der Waals surface area contributed by atoms with Gasteiger partial charge in [0, 0.05) is 12.1 Å². The lowest BCUT2D eigenvalue weighted by molar-refractivity contribution is -0.139. The van der Waals surface area contributed by atoms with Crippen LogP contribution in [0.3, 0.4) is 0 Å². The van der Waals surface area contributed by atoms with Gasteiger partial charge in [-0.3, -0.25) is 10.1 Å². The monoisotopic (exact) mass is 340 g/mol. The molecule has 0 saturated heterocycles. The zero-order valence-electron chi connectivity index (χ0n) is 13.1. The van der Waals surface area contributed by atoms with Crippen molar-refractivity contribution in [2.45, 2.75) is 32.4 Å². The van der Waals surface area contributed by atoms with Gasteiger partial charge in [-0.05, 0) is 30.7 Å². The van der Waals surface area contributed by atoms with Gasteiger partial charge in [0.25, 0.3) is 0 Å². The van der Waals surface area contributed by atoms with E-state index in [1.165, 1.54) is 6.26 Å². The van der Waals surface area contributed by atoms with E-state index >= 15 is 0 Å². The molecule has 0 saturated carbocycles. The first kappa shape index (κ1) is 19.0. The van der Waals surface area contributed by atoms with E-state index in [0.29, 0.717) is 24.6 Å². The molecule has 2 rings (SSSR count). The Morgan fingerprint density at radius 3 is 2.65 bits per heavy atom. The predicted octanol–water partition coefficient (Wildman–Crippen LogP) is 3.11. The van der Waals surface area contributed by atoms with Crippen molar-refractivity contribution in [1.82, 2.24) is 10.3 Å². The summed E-state index contributed by atoms with van der Waals surface area (Å²) >= 11 is 0. The van der Waals surface area contributed by atoms with E-state index in [1.54, 1.807) is 7.11 Å². The summed E-state index contributed by atoms with van der Waals surface area (Å²) in [5.74, 6) is 0.420. The van der Waals surface area contributed by atoms with E-state index in [9.17, 15) is 4.79 Å². The molecule has 1 aromatic carbocycles. The van der Waals surface area contributed by atoms with Crippen LogP contribution in [-0.4, -0.2) is 29.2 Å². The van der Waals surface area contributed by atoms with Gasteiger partial charge in [0.2, 0.25) is 5.89 Å². The molecule has 0 radical (unpaired) electrons. The second kappa shape index (κ2) is 9.17. The van der Waals surface area contributed by atoms with Crippen LogP contribution in [0.2, 0.25) is 0 Å². The topological polar surface area (TPSA) is 84.6 Å². The van der Waals surface area contributed by atoms with Gasteiger partial charge < -0.3 is 14.3 Å². The molecular weight excluding hydrogens is 320 g/mol. The standard InChI is InChI=1S/C16H20N2O4.ClH/c1-3-4-14(16(19)20)17-9-12-10-22-15(18-12)11-5-7-13(21-2)8-6-11;/h5-8,10,14,17H,3-4,9H2,1-2H3,(H,19,20);1H. The van der Waals surface area contributed by atoms with Gasteiger partial charge in [-0.1, -0.05) is 13.3 Å². The maximum atomic E-state index is 11.1. The maximum Gasteiger partial charge on any atom is 0.320 e. The van der Waals surface area contributed by atoms with Gasteiger partial charge >= 0.3 is 5.97 Å². The second-order valence-corrected chi connectivity index (χ2v) is 4.93. The molecule has 0 amide bonds. The van der Waals surface area contributed by atoms with E-state index in [0.717, 1.165) is 17.7 Å². The summed E-state index contributed by atoms with van der Waals surface area (Å²) in [5, 5.41) is 12.1. The molecule has 1 aromatic heterocycles. The highest BCUT2D eigenvalue weighted by molar-refractivity contribution is 5.85. The summed E-state index contributed by atoms with van der Waals surface area (Å²) in [6.45, 7) is 2.31. The van der Waals surface area contributed by atoms with E-state index < -0.39 is 12.0 Å². The quantitative estimate of drug-likeness (QED) is 0.768. The normalized spacial score (nSPS) is 11.6. The van der Waals surface area contributed by atoms with Crippen LogP contribution in [0, 0.1) is 0 Å². The van der Waals surface area contributed by atoms with Gasteiger partial charge in [0.1, 0.15) is 18.1 Å². The first-order chi connectivity index (χ1) is 10.6. The van der Waals surface area contributed by atoms with Crippen molar-refractivity contribution in [1.29, 1.82) is 0 Å². The van der Waals surface area contributed by atoms with Gasteiger partial charge in [0.05, 0.1) is 12.8 Å². The van der Waals surface area contributed by atoms with Gasteiger partial charge in [-0.2, -0.15) is 0 Å². The Morgan fingerprint density at radius 1 is 1.39 bits per heavy atom. The second-order valence-electron chi connectivity index (χ2n) is 4.93. The van der Waals surface area contributed by atoms with Crippen LogP contribution in [0.25, 0.3) is 11.5 Å². The minimum absolute atomic E-state index is 0. The highest BCUT2D eigenvalue weighted by Crippen LogP contribution is 2.21. The highest BCUT2D eigenvalue weighted by atomic mass is 35.5. The summed E-state index contributed by atoms with van der Waals surface area (Å²) < 4.78 is 10.5. The first-order valence-electron chi connectivity index (χ1n) is 7.19.